The SMILES string of the molecule is CCN=c1scc(-c2ccc3c(c2)NC(=O)CO3)n1N=Cc1cccc(C)c1. The first-order valence-electron chi connectivity index (χ1n) is 9.03. The highest BCUT2D eigenvalue weighted by atomic mass is 32.1. The van der Waals surface area contributed by atoms with Crippen molar-refractivity contribution in [2.24, 2.45) is 10.1 Å². The molecule has 4 rings (SSSR count). The number of carbonyl (C=O) groups excluding carboxylic acids is 1. The number of hydrogen-bond acceptors (Lipinski definition) is 5. The number of fused-ring (bicyclic) bond motifs is 1. The molecule has 0 radical (unpaired) electrons. The number of carbonyl (C=O) groups is 1. The van der Waals surface area contributed by atoms with Crippen molar-refractivity contribution in [1.29, 1.82) is 0 Å². The molecule has 1 amide bonds. The van der Waals surface area contributed by atoms with Crippen molar-refractivity contribution in [1.82, 2.24) is 4.68 Å². The van der Waals surface area contributed by atoms with Crippen LogP contribution in [0.15, 0.2) is 57.9 Å². The van der Waals surface area contributed by atoms with Gasteiger partial charge in [0, 0.05) is 17.5 Å². The lowest BCUT2D eigenvalue weighted by Crippen LogP contribution is -2.25. The van der Waals surface area contributed by atoms with Gasteiger partial charge in [0.15, 0.2) is 6.61 Å². The molecule has 2 aromatic carbocycles. The number of nitrogens with zero attached hydrogens (tertiary/aromatic N) is 3. The van der Waals surface area contributed by atoms with Crippen LogP contribution in [0.1, 0.15) is 18.1 Å². The number of thiazole rings is 1. The zero-order chi connectivity index (χ0) is 19.5. The zero-order valence-electron chi connectivity index (χ0n) is 15.7. The number of rotatable bonds is 4. The standard InChI is InChI=1S/C21H20N4O2S/c1-3-22-21-25(23-11-15-6-4-5-14(2)9-15)18(13-28-21)16-7-8-19-17(10-16)24-20(26)12-27-19/h4-11,13H,3,12H2,1-2H3,(H,24,26). The number of hydrogen-bond donors (Lipinski definition) is 1. The van der Waals surface area contributed by atoms with Crippen LogP contribution < -0.4 is 14.9 Å². The molecule has 0 saturated heterocycles. The van der Waals surface area contributed by atoms with Gasteiger partial charge in [0.2, 0.25) is 4.80 Å². The largest absolute Gasteiger partial charge is 0.482 e. The first-order valence-corrected chi connectivity index (χ1v) is 9.91. The summed E-state index contributed by atoms with van der Waals surface area (Å²) in [7, 11) is 0. The Morgan fingerprint density at radius 3 is 3.00 bits per heavy atom. The van der Waals surface area contributed by atoms with Gasteiger partial charge in [0.1, 0.15) is 5.75 Å². The van der Waals surface area contributed by atoms with Crippen molar-refractivity contribution in [3.8, 4) is 17.0 Å². The van der Waals surface area contributed by atoms with E-state index in [4.69, 9.17) is 4.74 Å². The summed E-state index contributed by atoms with van der Waals surface area (Å²) in [6.07, 6.45) is 1.83. The third-order valence-corrected chi connectivity index (χ3v) is 5.11. The Morgan fingerprint density at radius 2 is 2.18 bits per heavy atom. The average molecular weight is 392 g/mol. The van der Waals surface area contributed by atoms with E-state index in [0.29, 0.717) is 18.0 Å². The summed E-state index contributed by atoms with van der Waals surface area (Å²) < 4.78 is 7.29. The molecule has 0 atom stereocenters. The number of amides is 1. The summed E-state index contributed by atoms with van der Waals surface area (Å²) in [5.41, 5.74) is 4.72. The van der Waals surface area contributed by atoms with Crippen molar-refractivity contribution in [2.45, 2.75) is 13.8 Å². The predicted molar refractivity (Wildman–Crippen MR) is 112 cm³/mol. The predicted octanol–water partition coefficient (Wildman–Crippen LogP) is 3.66. The van der Waals surface area contributed by atoms with Crippen LogP contribution in [-0.2, 0) is 4.79 Å². The van der Waals surface area contributed by atoms with Crippen LogP contribution in [0.3, 0.4) is 0 Å². The van der Waals surface area contributed by atoms with E-state index in [1.165, 1.54) is 16.9 Å². The quantitative estimate of drug-likeness (QED) is 0.689. The number of benzene rings is 2. The summed E-state index contributed by atoms with van der Waals surface area (Å²) in [5.74, 6) is 0.522. The van der Waals surface area contributed by atoms with Crippen LogP contribution >= 0.6 is 11.3 Å². The molecule has 1 N–H and O–H groups in total. The highest BCUT2D eigenvalue weighted by Crippen LogP contribution is 2.32. The van der Waals surface area contributed by atoms with Crippen LogP contribution in [0.2, 0.25) is 0 Å². The van der Waals surface area contributed by atoms with Gasteiger partial charge < -0.3 is 10.1 Å². The second-order valence-corrected chi connectivity index (χ2v) is 7.23. The van der Waals surface area contributed by atoms with E-state index in [0.717, 1.165) is 21.6 Å². The Hall–Kier alpha value is -3.19. The highest BCUT2D eigenvalue weighted by Gasteiger charge is 2.17. The van der Waals surface area contributed by atoms with Crippen molar-refractivity contribution in [3.63, 3.8) is 0 Å². The molecule has 0 saturated carbocycles. The first-order chi connectivity index (χ1) is 13.6. The molecule has 2 heterocycles. The monoisotopic (exact) mass is 392 g/mol. The van der Waals surface area contributed by atoms with Crippen molar-refractivity contribution < 1.29 is 9.53 Å². The number of nitrogens with one attached hydrogen (secondary N) is 1. The minimum atomic E-state index is -0.151. The second-order valence-electron chi connectivity index (χ2n) is 6.40. The van der Waals surface area contributed by atoms with Crippen molar-refractivity contribution >= 4 is 29.1 Å². The fourth-order valence-electron chi connectivity index (χ4n) is 2.97. The van der Waals surface area contributed by atoms with Gasteiger partial charge >= 0.3 is 0 Å². The molecule has 0 spiro atoms. The van der Waals surface area contributed by atoms with Gasteiger partial charge in [-0.3, -0.25) is 9.79 Å². The second kappa shape index (κ2) is 7.82. The molecule has 0 unspecified atom stereocenters. The van der Waals surface area contributed by atoms with Crippen LogP contribution in [0.25, 0.3) is 11.3 Å². The van der Waals surface area contributed by atoms with Gasteiger partial charge in [0.05, 0.1) is 17.6 Å². The molecular formula is C21H20N4O2S. The van der Waals surface area contributed by atoms with Crippen LogP contribution in [0, 0.1) is 6.92 Å². The van der Waals surface area contributed by atoms with Gasteiger partial charge in [-0.25, -0.2) is 4.68 Å². The summed E-state index contributed by atoms with van der Waals surface area (Å²) in [5, 5.41) is 9.57. The maximum absolute atomic E-state index is 11.6. The van der Waals surface area contributed by atoms with E-state index in [-0.39, 0.29) is 12.5 Å². The lowest BCUT2D eigenvalue weighted by molar-refractivity contribution is -0.118. The van der Waals surface area contributed by atoms with E-state index in [2.05, 4.69) is 34.5 Å². The number of anilines is 1. The molecule has 1 aromatic heterocycles. The molecule has 142 valence electrons. The van der Waals surface area contributed by atoms with Gasteiger partial charge in [0.25, 0.3) is 5.91 Å². The Bertz CT molecular complexity index is 1130. The van der Waals surface area contributed by atoms with Gasteiger partial charge in [-0.2, -0.15) is 5.10 Å². The molecule has 0 bridgehead atoms. The molecule has 0 fully saturated rings. The molecule has 7 heteroatoms. The normalized spacial score (nSPS) is 14.1. The first kappa shape index (κ1) is 18.2. The molecule has 3 aromatic rings. The van der Waals surface area contributed by atoms with E-state index >= 15 is 0 Å². The molecule has 0 aliphatic carbocycles. The van der Waals surface area contributed by atoms with Crippen LogP contribution in [0.4, 0.5) is 5.69 Å². The van der Waals surface area contributed by atoms with E-state index in [1.807, 2.05) is 53.5 Å². The van der Waals surface area contributed by atoms with Crippen molar-refractivity contribution in [3.05, 3.63) is 63.8 Å². The lowest BCUT2D eigenvalue weighted by atomic mass is 10.1. The molecular weight excluding hydrogens is 372 g/mol. The van der Waals surface area contributed by atoms with Crippen LogP contribution in [0.5, 0.6) is 5.75 Å². The third-order valence-electron chi connectivity index (χ3n) is 4.25. The van der Waals surface area contributed by atoms with Crippen LogP contribution in [-0.4, -0.2) is 29.9 Å². The summed E-state index contributed by atoms with van der Waals surface area (Å²) in [6.45, 7) is 4.78. The number of aryl methyl sites for hydroxylation is 1. The fraction of sp³-hybridized carbons (Fsp3) is 0.190. The third kappa shape index (κ3) is 3.75. The summed E-state index contributed by atoms with van der Waals surface area (Å²) in [4.78, 5) is 17.0. The molecule has 1 aliphatic heterocycles. The van der Waals surface area contributed by atoms with Crippen molar-refractivity contribution in [2.75, 3.05) is 18.5 Å². The van der Waals surface area contributed by atoms with Gasteiger partial charge in [-0.1, -0.05) is 29.8 Å². The van der Waals surface area contributed by atoms with E-state index < -0.39 is 0 Å². The average Bonchev–Trinajstić information content (AvgIpc) is 3.09. The lowest BCUT2D eigenvalue weighted by Gasteiger charge is -2.18. The fourth-order valence-corrected chi connectivity index (χ4v) is 3.87. The van der Waals surface area contributed by atoms with Gasteiger partial charge in [-0.15, -0.1) is 11.3 Å². The molecule has 1 aliphatic rings. The zero-order valence-corrected chi connectivity index (χ0v) is 16.5. The number of aromatic nitrogens is 1. The topological polar surface area (TPSA) is 68.0 Å². The Kier molecular flexibility index (Phi) is 5.08. The minimum absolute atomic E-state index is 0.0467. The van der Waals surface area contributed by atoms with E-state index in [1.54, 1.807) is 0 Å². The Morgan fingerprint density at radius 1 is 1.29 bits per heavy atom. The minimum Gasteiger partial charge on any atom is -0.482 e. The summed E-state index contributed by atoms with van der Waals surface area (Å²) >= 11 is 1.54. The Balaban J connectivity index is 1.77. The van der Waals surface area contributed by atoms with E-state index in [9.17, 15) is 4.79 Å². The maximum atomic E-state index is 11.6. The Labute approximate surface area is 166 Å². The molecule has 28 heavy (non-hydrogen) atoms. The summed E-state index contributed by atoms with van der Waals surface area (Å²) in [6, 6.07) is 13.9. The smallest absolute Gasteiger partial charge is 0.262 e. The molecule has 6 nitrogen and oxygen atoms in total. The highest BCUT2D eigenvalue weighted by molar-refractivity contribution is 7.07. The van der Waals surface area contributed by atoms with Gasteiger partial charge in [-0.05, 0) is 37.6 Å². The number of ether oxygens (including phenoxy) is 1. The maximum Gasteiger partial charge on any atom is 0.262 e.